The number of carbonyl (C=O) groups is 2. The Morgan fingerprint density at radius 3 is 2.78 bits per heavy atom. The standard InChI is InChI=1S/C12H19NO5/c1-12(4-3-6-18-12)11(15)13-5-7-17-8-9(13)10(14)16-2/h9H,3-8H2,1-2H3. The van der Waals surface area contributed by atoms with E-state index in [4.69, 9.17) is 14.2 Å². The molecular formula is C12H19NO5. The highest BCUT2D eigenvalue weighted by atomic mass is 16.5. The number of morpholine rings is 1. The van der Waals surface area contributed by atoms with Gasteiger partial charge in [0, 0.05) is 13.2 Å². The molecule has 2 atom stereocenters. The molecule has 18 heavy (non-hydrogen) atoms. The van der Waals surface area contributed by atoms with E-state index in [9.17, 15) is 9.59 Å². The lowest BCUT2D eigenvalue weighted by atomic mass is 9.99. The zero-order valence-electron chi connectivity index (χ0n) is 10.8. The molecule has 0 aromatic carbocycles. The predicted octanol–water partition coefficient (Wildman–Crippen LogP) is -0.0441. The van der Waals surface area contributed by atoms with E-state index in [1.54, 1.807) is 6.92 Å². The van der Waals surface area contributed by atoms with Crippen LogP contribution in [-0.2, 0) is 23.8 Å². The van der Waals surface area contributed by atoms with Gasteiger partial charge in [0.25, 0.3) is 5.91 Å². The van der Waals surface area contributed by atoms with Crippen LogP contribution in [0.5, 0.6) is 0 Å². The first kappa shape index (κ1) is 13.3. The molecular weight excluding hydrogens is 238 g/mol. The highest BCUT2D eigenvalue weighted by Crippen LogP contribution is 2.28. The molecule has 0 N–H and O–H groups in total. The van der Waals surface area contributed by atoms with Gasteiger partial charge in [0.2, 0.25) is 0 Å². The van der Waals surface area contributed by atoms with Crippen molar-refractivity contribution >= 4 is 11.9 Å². The van der Waals surface area contributed by atoms with E-state index in [0.717, 1.165) is 6.42 Å². The zero-order chi connectivity index (χ0) is 13.2. The Kier molecular flexibility index (Phi) is 3.87. The highest BCUT2D eigenvalue weighted by molar-refractivity contribution is 5.90. The van der Waals surface area contributed by atoms with Crippen LogP contribution in [0.1, 0.15) is 19.8 Å². The fraction of sp³-hybridized carbons (Fsp3) is 0.833. The molecule has 0 aromatic rings. The van der Waals surface area contributed by atoms with Gasteiger partial charge in [-0.25, -0.2) is 4.79 Å². The lowest BCUT2D eigenvalue weighted by Gasteiger charge is -2.38. The number of carbonyl (C=O) groups excluding carboxylic acids is 2. The number of amides is 1. The number of rotatable bonds is 2. The number of hydrogen-bond acceptors (Lipinski definition) is 5. The second-order valence-electron chi connectivity index (χ2n) is 4.80. The fourth-order valence-corrected chi connectivity index (χ4v) is 2.43. The Balaban J connectivity index is 2.13. The molecule has 2 unspecified atom stereocenters. The van der Waals surface area contributed by atoms with Crippen LogP contribution in [0.15, 0.2) is 0 Å². The number of esters is 1. The third-order valence-electron chi connectivity index (χ3n) is 3.53. The molecule has 2 aliphatic rings. The summed E-state index contributed by atoms with van der Waals surface area (Å²) in [5, 5.41) is 0. The van der Waals surface area contributed by atoms with Crippen LogP contribution in [0.2, 0.25) is 0 Å². The first-order valence-corrected chi connectivity index (χ1v) is 6.19. The van der Waals surface area contributed by atoms with E-state index in [2.05, 4.69) is 0 Å². The second kappa shape index (κ2) is 5.24. The monoisotopic (exact) mass is 257 g/mol. The summed E-state index contributed by atoms with van der Waals surface area (Å²) < 4.78 is 15.5. The van der Waals surface area contributed by atoms with Gasteiger partial charge in [-0.15, -0.1) is 0 Å². The van der Waals surface area contributed by atoms with Gasteiger partial charge in [0.1, 0.15) is 5.60 Å². The van der Waals surface area contributed by atoms with Crippen molar-refractivity contribution in [3.8, 4) is 0 Å². The Labute approximate surface area is 106 Å². The summed E-state index contributed by atoms with van der Waals surface area (Å²) in [7, 11) is 1.31. The van der Waals surface area contributed by atoms with E-state index in [0.29, 0.717) is 26.2 Å². The summed E-state index contributed by atoms with van der Waals surface area (Å²) in [6, 6.07) is -0.655. The summed E-state index contributed by atoms with van der Waals surface area (Å²) in [6.07, 6.45) is 1.56. The van der Waals surface area contributed by atoms with Crippen LogP contribution < -0.4 is 0 Å². The van der Waals surface area contributed by atoms with Crippen molar-refractivity contribution in [3.63, 3.8) is 0 Å². The van der Waals surface area contributed by atoms with Crippen LogP contribution >= 0.6 is 0 Å². The minimum atomic E-state index is -0.802. The average Bonchev–Trinajstić information content (AvgIpc) is 2.85. The smallest absolute Gasteiger partial charge is 0.331 e. The van der Waals surface area contributed by atoms with Gasteiger partial charge < -0.3 is 19.1 Å². The number of hydrogen-bond donors (Lipinski definition) is 0. The van der Waals surface area contributed by atoms with Crippen molar-refractivity contribution in [2.75, 3.05) is 33.5 Å². The van der Waals surface area contributed by atoms with Crippen molar-refractivity contribution < 1.29 is 23.8 Å². The number of nitrogens with zero attached hydrogens (tertiary/aromatic N) is 1. The maximum atomic E-state index is 12.5. The van der Waals surface area contributed by atoms with Crippen molar-refractivity contribution in [3.05, 3.63) is 0 Å². The third kappa shape index (κ3) is 2.35. The molecule has 0 bridgehead atoms. The molecule has 6 heteroatoms. The topological polar surface area (TPSA) is 65.1 Å². The summed E-state index contributed by atoms with van der Waals surface area (Å²) in [4.78, 5) is 25.7. The van der Waals surface area contributed by atoms with Crippen LogP contribution in [0.4, 0.5) is 0 Å². The van der Waals surface area contributed by atoms with Gasteiger partial charge in [0.05, 0.1) is 20.3 Å². The zero-order valence-corrected chi connectivity index (χ0v) is 10.8. The molecule has 2 rings (SSSR count). The first-order chi connectivity index (χ1) is 8.58. The third-order valence-corrected chi connectivity index (χ3v) is 3.53. The van der Waals surface area contributed by atoms with Crippen molar-refractivity contribution in [1.82, 2.24) is 4.90 Å². The molecule has 0 radical (unpaired) electrons. The molecule has 0 saturated carbocycles. The fourth-order valence-electron chi connectivity index (χ4n) is 2.43. The Bertz CT molecular complexity index is 337. The van der Waals surface area contributed by atoms with Crippen molar-refractivity contribution in [1.29, 1.82) is 0 Å². The molecule has 1 amide bonds. The molecule has 6 nitrogen and oxygen atoms in total. The van der Waals surface area contributed by atoms with Crippen LogP contribution in [-0.4, -0.2) is 61.9 Å². The maximum absolute atomic E-state index is 12.5. The molecule has 0 aromatic heterocycles. The maximum Gasteiger partial charge on any atom is 0.331 e. The lowest BCUT2D eigenvalue weighted by molar-refractivity contribution is -0.170. The quantitative estimate of drug-likeness (QED) is 0.649. The van der Waals surface area contributed by atoms with Crippen molar-refractivity contribution in [2.45, 2.75) is 31.4 Å². The SMILES string of the molecule is COC(=O)C1COCCN1C(=O)C1(C)CCCO1. The van der Waals surface area contributed by atoms with Crippen LogP contribution in [0.3, 0.4) is 0 Å². The molecule has 2 aliphatic heterocycles. The van der Waals surface area contributed by atoms with Gasteiger partial charge in [-0.3, -0.25) is 4.79 Å². The molecule has 0 spiro atoms. The first-order valence-electron chi connectivity index (χ1n) is 6.19. The Morgan fingerprint density at radius 2 is 2.17 bits per heavy atom. The Hall–Kier alpha value is -1.14. The van der Waals surface area contributed by atoms with E-state index >= 15 is 0 Å². The number of ether oxygens (including phenoxy) is 3. The highest BCUT2D eigenvalue weighted by Gasteiger charge is 2.45. The van der Waals surface area contributed by atoms with Gasteiger partial charge >= 0.3 is 5.97 Å². The van der Waals surface area contributed by atoms with Crippen LogP contribution in [0.25, 0.3) is 0 Å². The number of methoxy groups -OCH3 is 1. The molecule has 2 heterocycles. The summed E-state index contributed by atoms with van der Waals surface area (Å²) in [6.45, 7) is 3.41. The van der Waals surface area contributed by atoms with Gasteiger partial charge in [0.15, 0.2) is 6.04 Å². The molecule has 2 saturated heterocycles. The minimum absolute atomic E-state index is 0.140. The van der Waals surface area contributed by atoms with Crippen molar-refractivity contribution in [2.24, 2.45) is 0 Å². The average molecular weight is 257 g/mol. The van der Waals surface area contributed by atoms with E-state index in [1.807, 2.05) is 0 Å². The summed E-state index contributed by atoms with van der Waals surface area (Å²) in [5.74, 6) is -0.580. The molecule has 0 aliphatic carbocycles. The second-order valence-corrected chi connectivity index (χ2v) is 4.80. The Morgan fingerprint density at radius 1 is 1.39 bits per heavy atom. The molecule has 2 fully saturated rings. The largest absolute Gasteiger partial charge is 0.467 e. The van der Waals surface area contributed by atoms with Gasteiger partial charge in [-0.05, 0) is 19.8 Å². The van der Waals surface area contributed by atoms with Gasteiger partial charge in [-0.1, -0.05) is 0 Å². The van der Waals surface area contributed by atoms with Gasteiger partial charge in [-0.2, -0.15) is 0 Å². The lowest BCUT2D eigenvalue weighted by Crippen LogP contribution is -2.58. The normalized spacial score (nSPS) is 32.3. The molecule has 102 valence electrons. The van der Waals surface area contributed by atoms with E-state index in [1.165, 1.54) is 12.0 Å². The van der Waals surface area contributed by atoms with Crippen LogP contribution in [0, 0.1) is 0 Å². The van der Waals surface area contributed by atoms with E-state index in [-0.39, 0.29) is 12.5 Å². The predicted molar refractivity (Wildman–Crippen MR) is 61.9 cm³/mol. The van der Waals surface area contributed by atoms with E-state index < -0.39 is 17.6 Å². The minimum Gasteiger partial charge on any atom is -0.467 e. The summed E-state index contributed by atoms with van der Waals surface area (Å²) in [5.41, 5.74) is -0.802. The summed E-state index contributed by atoms with van der Waals surface area (Å²) >= 11 is 0.